The van der Waals surface area contributed by atoms with Crippen molar-refractivity contribution >= 4 is 30.7 Å². The second-order valence-corrected chi connectivity index (χ2v) is 35.6. The van der Waals surface area contributed by atoms with E-state index in [-0.39, 0.29) is 39.9 Å². The molecule has 6 nitrogen and oxygen atoms in total. The molecule has 0 radical (unpaired) electrons. The van der Waals surface area contributed by atoms with E-state index in [0.717, 1.165) is 17.7 Å². The first kappa shape index (κ1) is 50.9. The topological polar surface area (TPSA) is 63.2 Å². The van der Waals surface area contributed by atoms with E-state index in [1.54, 1.807) is 13.2 Å². The zero-order valence-electron chi connectivity index (χ0n) is 39.0. The summed E-state index contributed by atoms with van der Waals surface area (Å²) in [5, 5.41) is 0.142. The van der Waals surface area contributed by atoms with Gasteiger partial charge >= 0.3 is 0 Å². The van der Waals surface area contributed by atoms with Gasteiger partial charge in [0.15, 0.2) is 22.4 Å². The third kappa shape index (κ3) is 14.7. The van der Waals surface area contributed by atoms with Crippen molar-refractivity contribution in [3.8, 4) is 5.75 Å². The maximum absolute atomic E-state index is 14.0. The van der Waals surface area contributed by atoms with E-state index in [2.05, 4.69) is 143 Å². The lowest BCUT2D eigenvalue weighted by Crippen LogP contribution is -2.56. The van der Waals surface area contributed by atoms with Crippen LogP contribution in [0.3, 0.4) is 0 Å². The molecular weight excluding hydrogens is 721 g/mol. The van der Waals surface area contributed by atoms with Gasteiger partial charge in [-0.05, 0) is 103 Å². The molecule has 0 aliphatic rings. The molecule has 54 heavy (non-hydrogen) atoms. The summed E-state index contributed by atoms with van der Waals surface area (Å²) in [5.74, 6) is 1.24. The number of hydrogen-bond acceptors (Lipinski definition) is 6. The van der Waals surface area contributed by atoms with Gasteiger partial charge in [-0.3, -0.25) is 4.79 Å². The van der Waals surface area contributed by atoms with Crippen LogP contribution in [0.2, 0.25) is 52.9 Å². The predicted octanol–water partition coefficient (Wildman–Crippen LogP) is 13.5. The molecule has 0 N–H and O–H groups in total. The second kappa shape index (κ2) is 20.6. The maximum Gasteiger partial charge on any atom is 0.200 e. The van der Waals surface area contributed by atoms with Crippen molar-refractivity contribution in [3.63, 3.8) is 0 Å². The molecule has 0 heterocycles. The Morgan fingerprint density at radius 2 is 1.26 bits per heavy atom. The van der Waals surface area contributed by atoms with Gasteiger partial charge in [0.05, 0.1) is 31.5 Å². The summed E-state index contributed by atoms with van der Waals surface area (Å²) in [7, 11) is -4.89. The fourth-order valence-electron chi connectivity index (χ4n) is 7.30. The van der Waals surface area contributed by atoms with Gasteiger partial charge in [0.1, 0.15) is 5.75 Å². The molecule has 0 saturated carbocycles. The monoisotopic (exact) mass is 807 g/mol. The Kier molecular flexibility index (Phi) is 19.4. The minimum Gasteiger partial charge on any atom is -0.497 e. The lowest BCUT2D eigenvalue weighted by atomic mass is 9.85. The Balaban J connectivity index is 3.46. The van der Waals surface area contributed by atoms with Crippen molar-refractivity contribution in [2.45, 2.75) is 207 Å². The van der Waals surface area contributed by atoms with E-state index in [1.807, 2.05) is 24.3 Å². The molecule has 0 bridgehead atoms. The van der Waals surface area contributed by atoms with Gasteiger partial charge in [-0.2, -0.15) is 0 Å². The lowest BCUT2D eigenvalue weighted by Gasteiger charge is -2.50. The third-order valence-corrected chi connectivity index (χ3v) is 28.2. The average molecular weight is 807 g/mol. The summed E-state index contributed by atoms with van der Waals surface area (Å²) in [6, 6.07) is 7.98. The summed E-state index contributed by atoms with van der Waals surface area (Å²) in [6.07, 6.45) is 5.45. The second-order valence-electron chi connectivity index (χ2n) is 20.6. The zero-order valence-corrected chi connectivity index (χ0v) is 42.0. The first-order valence-corrected chi connectivity index (χ1v) is 28.9. The standard InChI is InChI=1S/C45H86O6Si3/c1-33(2)54(34(3)4,35(5)6)50-42(29-40(46)25-22-36(7)28-38(9)48-32-39-23-26-41(47-17)27-24-39)30-45(16,51-53(20,21)44(13,14)15)37(8)31-49-52(18,19)43(10,11)12/h22-27,33-38,42H,28-32H2,1-21H3/b25-22+/t36-,37-,38-,42+,45+/m0/s1. The molecule has 0 aromatic heterocycles. The summed E-state index contributed by atoms with van der Waals surface area (Å²) in [4.78, 5) is 14.0. The van der Waals surface area contributed by atoms with E-state index < -0.39 is 30.6 Å². The molecule has 0 aliphatic heterocycles. The zero-order chi connectivity index (χ0) is 42.1. The number of hydrogen-bond donors (Lipinski definition) is 0. The van der Waals surface area contributed by atoms with Crippen LogP contribution in [-0.4, -0.2) is 62.3 Å². The van der Waals surface area contributed by atoms with Gasteiger partial charge < -0.3 is 22.8 Å². The molecule has 9 heteroatoms. The number of methoxy groups -OCH3 is 1. The van der Waals surface area contributed by atoms with Crippen LogP contribution in [0.5, 0.6) is 5.75 Å². The van der Waals surface area contributed by atoms with Gasteiger partial charge in [-0.1, -0.05) is 115 Å². The van der Waals surface area contributed by atoms with Crippen molar-refractivity contribution in [1.29, 1.82) is 0 Å². The van der Waals surface area contributed by atoms with E-state index in [9.17, 15) is 4.79 Å². The molecular formula is C45H86O6Si3. The predicted molar refractivity (Wildman–Crippen MR) is 239 cm³/mol. The molecule has 0 fully saturated rings. The van der Waals surface area contributed by atoms with Crippen molar-refractivity contribution < 1.29 is 27.5 Å². The minimum absolute atomic E-state index is 0.0289. The summed E-state index contributed by atoms with van der Waals surface area (Å²) in [6.45, 7) is 47.1. The molecule has 0 aliphatic carbocycles. The molecule has 314 valence electrons. The van der Waals surface area contributed by atoms with Crippen molar-refractivity contribution in [1.82, 2.24) is 0 Å². The summed E-state index contributed by atoms with van der Waals surface area (Å²) >= 11 is 0. The van der Waals surface area contributed by atoms with Crippen LogP contribution in [0.1, 0.15) is 136 Å². The smallest absolute Gasteiger partial charge is 0.200 e. The normalized spacial score (nSPS) is 17.3. The Hall–Kier alpha value is -1.08. The fourth-order valence-corrected chi connectivity index (χ4v) is 15.7. The number of ketones is 1. The summed E-state index contributed by atoms with van der Waals surface area (Å²) < 4.78 is 33.4. The van der Waals surface area contributed by atoms with Crippen molar-refractivity contribution in [2.24, 2.45) is 11.8 Å². The van der Waals surface area contributed by atoms with E-state index in [0.29, 0.717) is 42.7 Å². The first-order valence-electron chi connectivity index (χ1n) is 20.9. The molecule has 1 aromatic carbocycles. The number of ether oxygens (including phenoxy) is 2. The largest absolute Gasteiger partial charge is 0.497 e. The highest BCUT2D eigenvalue weighted by Gasteiger charge is 2.51. The number of carbonyl (C=O) groups excluding carboxylic acids is 1. The van der Waals surface area contributed by atoms with Crippen LogP contribution in [0, 0.1) is 11.8 Å². The highest BCUT2D eigenvalue weighted by atomic mass is 28.4. The molecule has 1 aromatic rings. The number of benzene rings is 1. The van der Waals surface area contributed by atoms with Crippen LogP contribution < -0.4 is 4.74 Å². The number of allylic oxidation sites excluding steroid dienone is 2. The van der Waals surface area contributed by atoms with E-state index in [1.165, 1.54) is 0 Å². The lowest BCUT2D eigenvalue weighted by molar-refractivity contribution is -0.117. The quantitative estimate of drug-likeness (QED) is 0.0811. The van der Waals surface area contributed by atoms with Gasteiger partial charge in [0.25, 0.3) is 0 Å². The van der Waals surface area contributed by atoms with Gasteiger partial charge in [-0.15, -0.1) is 0 Å². The molecule has 0 amide bonds. The van der Waals surface area contributed by atoms with Gasteiger partial charge in [-0.25, -0.2) is 0 Å². The minimum atomic E-state index is -2.34. The van der Waals surface area contributed by atoms with Crippen LogP contribution in [0.25, 0.3) is 0 Å². The average Bonchev–Trinajstić information content (AvgIpc) is 3.02. The Labute approximate surface area is 337 Å². The fraction of sp³-hybridized carbons (Fsp3) is 0.800. The van der Waals surface area contributed by atoms with Gasteiger partial charge in [0, 0.05) is 25.4 Å². The Morgan fingerprint density at radius 3 is 1.70 bits per heavy atom. The van der Waals surface area contributed by atoms with Crippen LogP contribution in [-0.2, 0) is 29.4 Å². The van der Waals surface area contributed by atoms with Crippen LogP contribution >= 0.6 is 0 Å². The highest BCUT2D eigenvalue weighted by molar-refractivity contribution is 6.77. The molecule has 0 spiro atoms. The summed E-state index contributed by atoms with van der Waals surface area (Å²) in [5.41, 5.74) is 1.77. The molecule has 0 saturated heterocycles. The van der Waals surface area contributed by atoms with Crippen LogP contribution in [0.15, 0.2) is 36.4 Å². The first-order chi connectivity index (χ1) is 24.4. The maximum atomic E-state index is 14.0. The Morgan fingerprint density at radius 1 is 0.759 bits per heavy atom. The Bertz CT molecular complexity index is 1270. The van der Waals surface area contributed by atoms with Crippen molar-refractivity contribution in [2.75, 3.05) is 13.7 Å². The van der Waals surface area contributed by atoms with E-state index in [4.69, 9.17) is 22.8 Å². The molecule has 1 rings (SSSR count). The van der Waals surface area contributed by atoms with Gasteiger partial charge in [0.2, 0.25) is 8.32 Å². The molecule has 0 unspecified atom stereocenters. The van der Waals surface area contributed by atoms with E-state index >= 15 is 0 Å². The van der Waals surface area contributed by atoms with Crippen molar-refractivity contribution in [3.05, 3.63) is 42.0 Å². The SMILES string of the molecule is COc1ccc(CO[C@@H](C)C[C@@H](C)/C=C/C(=O)C[C@H](C[C@@](C)(O[Si](C)(C)C(C)(C)C)[C@@H](C)CO[Si](C)(C)C(C)(C)C)O[Si](C(C)C)(C(C)C)C(C)C)cc1. The molecule has 5 atom stereocenters. The number of carbonyl (C=O) groups is 1. The van der Waals surface area contributed by atoms with Crippen LogP contribution in [0.4, 0.5) is 0 Å². The third-order valence-electron chi connectivity index (χ3n) is 13.0. The highest BCUT2D eigenvalue weighted by Crippen LogP contribution is 2.47. The number of rotatable bonds is 23.